The lowest BCUT2D eigenvalue weighted by Gasteiger charge is -2.08. The van der Waals surface area contributed by atoms with Crippen LogP contribution in [0.15, 0.2) is 22.7 Å². The van der Waals surface area contributed by atoms with E-state index in [0.717, 1.165) is 0 Å². The fourth-order valence-corrected chi connectivity index (χ4v) is 1.40. The van der Waals surface area contributed by atoms with E-state index in [1.807, 2.05) is 0 Å². The number of rotatable bonds is 3. The van der Waals surface area contributed by atoms with Gasteiger partial charge in [-0.05, 0) is 33.6 Å². The van der Waals surface area contributed by atoms with Gasteiger partial charge in [-0.3, -0.25) is 0 Å². The molecule has 5 heteroatoms. The highest BCUT2D eigenvalue weighted by Gasteiger charge is 2.16. The Hall–Kier alpha value is -1.07. The summed E-state index contributed by atoms with van der Waals surface area (Å²) in [6, 6.07) is 4.62. The van der Waals surface area contributed by atoms with Crippen LogP contribution in [-0.4, -0.2) is 23.3 Å². The Labute approximate surface area is 89.3 Å². The monoisotopic (exact) mass is 260 g/mol. The molecule has 0 saturated carbocycles. The summed E-state index contributed by atoms with van der Waals surface area (Å²) in [5, 5.41) is 17.8. The van der Waals surface area contributed by atoms with Crippen LogP contribution >= 0.6 is 15.9 Å². The zero-order chi connectivity index (χ0) is 10.7. The first-order valence-electron chi connectivity index (χ1n) is 3.80. The first-order valence-corrected chi connectivity index (χ1v) is 4.60. The third kappa shape index (κ3) is 2.24. The Balaban J connectivity index is 3.06. The van der Waals surface area contributed by atoms with Crippen LogP contribution < -0.4 is 4.74 Å². The quantitative estimate of drug-likeness (QED) is 0.866. The number of hydrogen-bond donors (Lipinski definition) is 2. The van der Waals surface area contributed by atoms with E-state index in [1.165, 1.54) is 19.2 Å². The number of methoxy groups -OCH3 is 1. The van der Waals surface area contributed by atoms with E-state index < -0.39 is 12.1 Å². The van der Waals surface area contributed by atoms with Gasteiger partial charge in [0, 0.05) is 0 Å². The number of halogens is 1. The van der Waals surface area contributed by atoms with Crippen molar-refractivity contribution in [3.05, 3.63) is 28.2 Å². The molecule has 1 unspecified atom stereocenters. The van der Waals surface area contributed by atoms with Crippen LogP contribution in [0.25, 0.3) is 0 Å². The van der Waals surface area contributed by atoms with E-state index >= 15 is 0 Å². The lowest BCUT2D eigenvalue weighted by atomic mass is 10.1. The standard InChI is InChI=1S/C9H9BrO4/c1-14-7-4-5(2-3-6(7)10)8(11)9(12)13/h2-4,8,11H,1H3,(H,12,13). The van der Waals surface area contributed by atoms with Crippen molar-refractivity contribution in [2.45, 2.75) is 6.10 Å². The predicted molar refractivity (Wildman–Crippen MR) is 53.3 cm³/mol. The van der Waals surface area contributed by atoms with Gasteiger partial charge in [0.05, 0.1) is 11.6 Å². The molecule has 0 aromatic heterocycles. The molecule has 1 aromatic rings. The highest BCUT2D eigenvalue weighted by Crippen LogP contribution is 2.28. The molecular formula is C9H9BrO4. The third-order valence-electron chi connectivity index (χ3n) is 1.72. The van der Waals surface area contributed by atoms with Crippen LogP contribution in [0, 0.1) is 0 Å². The summed E-state index contributed by atoms with van der Waals surface area (Å²) in [4.78, 5) is 10.5. The molecule has 0 heterocycles. The predicted octanol–water partition coefficient (Wildman–Crippen LogP) is 1.58. The Morgan fingerprint density at radius 2 is 2.21 bits per heavy atom. The average Bonchev–Trinajstić information content (AvgIpc) is 2.17. The Morgan fingerprint density at radius 1 is 1.57 bits per heavy atom. The number of aliphatic hydroxyl groups excluding tert-OH is 1. The van der Waals surface area contributed by atoms with Crippen molar-refractivity contribution in [1.82, 2.24) is 0 Å². The molecule has 76 valence electrons. The number of ether oxygens (including phenoxy) is 1. The number of benzene rings is 1. The normalized spacial score (nSPS) is 12.2. The molecule has 1 aromatic carbocycles. The second-order valence-corrected chi connectivity index (χ2v) is 3.49. The molecule has 0 amide bonds. The van der Waals surface area contributed by atoms with Crippen LogP contribution in [-0.2, 0) is 4.79 Å². The smallest absolute Gasteiger partial charge is 0.337 e. The number of aliphatic carboxylic acids is 1. The molecule has 0 aliphatic carbocycles. The summed E-state index contributed by atoms with van der Waals surface area (Å²) in [5.41, 5.74) is 0.289. The van der Waals surface area contributed by atoms with E-state index in [1.54, 1.807) is 6.07 Å². The minimum absolute atomic E-state index is 0.289. The summed E-state index contributed by atoms with van der Waals surface area (Å²) >= 11 is 3.22. The molecule has 1 atom stereocenters. The highest BCUT2D eigenvalue weighted by molar-refractivity contribution is 9.10. The Bertz CT molecular complexity index is 351. The van der Waals surface area contributed by atoms with Gasteiger partial charge in [0.25, 0.3) is 0 Å². The van der Waals surface area contributed by atoms with Crippen molar-refractivity contribution in [1.29, 1.82) is 0 Å². The summed E-state index contributed by atoms with van der Waals surface area (Å²) in [7, 11) is 1.47. The minimum atomic E-state index is -1.52. The molecule has 1 rings (SSSR count). The fourth-order valence-electron chi connectivity index (χ4n) is 0.989. The molecule has 14 heavy (non-hydrogen) atoms. The zero-order valence-corrected chi connectivity index (χ0v) is 8.98. The molecule has 2 N–H and O–H groups in total. The van der Waals surface area contributed by atoms with Gasteiger partial charge >= 0.3 is 5.97 Å². The average molecular weight is 261 g/mol. The van der Waals surface area contributed by atoms with E-state index in [9.17, 15) is 9.90 Å². The van der Waals surface area contributed by atoms with E-state index in [2.05, 4.69) is 15.9 Å². The minimum Gasteiger partial charge on any atom is -0.496 e. The summed E-state index contributed by atoms with van der Waals surface area (Å²) < 4.78 is 5.67. The second-order valence-electron chi connectivity index (χ2n) is 2.63. The van der Waals surface area contributed by atoms with Crippen molar-refractivity contribution in [3.63, 3.8) is 0 Å². The lowest BCUT2D eigenvalue weighted by Crippen LogP contribution is -2.10. The zero-order valence-electron chi connectivity index (χ0n) is 7.40. The Kier molecular flexibility index (Phi) is 3.49. The fraction of sp³-hybridized carbons (Fsp3) is 0.222. The van der Waals surface area contributed by atoms with Crippen LogP contribution in [0.2, 0.25) is 0 Å². The van der Waals surface area contributed by atoms with Gasteiger partial charge in [-0.2, -0.15) is 0 Å². The molecule has 4 nitrogen and oxygen atoms in total. The van der Waals surface area contributed by atoms with E-state index in [4.69, 9.17) is 9.84 Å². The summed E-state index contributed by atoms with van der Waals surface area (Å²) in [6.07, 6.45) is -1.52. The van der Waals surface area contributed by atoms with Gasteiger partial charge in [0.1, 0.15) is 5.75 Å². The van der Waals surface area contributed by atoms with Crippen molar-refractivity contribution in [3.8, 4) is 5.75 Å². The van der Waals surface area contributed by atoms with Crippen molar-refractivity contribution >= 4 is 21.9 Å². The molecule has 0 aliphatic rings. The largest absolute Gasteiger partial charge is 0.496 e. The first-order chi connectivity index (χ1) is 6.56. The molecule has 0 radical (unpaired) electrons. The molecule has 0 fully saturated rings. The summed E-state index contributed by atoms with van der Waals surface area (Å²) in [6.45, 7) is 0. The van der Waals surface area contributed by atoms with Gasteiger partial charge in [-0.1, -0.05) is 6.07 Å². The Morgan fingerprint density at radius 3 is 2.71 bits per heavy atom. The number of carboxylic acid groups (broad SMARTS) is 1. The number of aliphatic hydroxyl groups is 1. The van der Waals surface area contributed by atoms with Gasteiger partial charge in [-0.25, -0.2) is 4.79 Å². The van der Waals surface area contributed by atoms with Crippen LogP contribution in [0.5, 0.6) is 5.75 Å². The third-order valence-corrected chi connectivity index (χ3v) is 2.38. The molecule has 0 saturated heterocycles. The van der Waals surface area contributed by atoms with Crippen molar-refractivity contribution in [2.24, 2.45) is 0 Å². The lowest BCUT2D eigenvalue weighted by molar-refractivity contribution is -0.146. The molecule has 0 bridgehead atoms. The van der Waals surface area contributed by atoms with Crippen LogP contribution in [0.4, 0.5) is 0 Å². The van der Waals surface area contributed by atoms with Gasteiger partial charge < -0.3 is 14.9 Å². The molecule has 0 aliphatic heterocycles. The number of carbonyl (C=O) groups is 1. The maximum absolute atomic E-state index is 10.5. The first kappa shape index (κ1) is 11.0. The summed E-state index contributed by atoms with van der Waals surface area (Å²) in [5.74, 6) is -0.794. The number of carboxylic acids is 1. The molecular weight excluding hydrogens is 252 g/mol. The van der Waals surface area contributed by atoms with E-state index in [0.29, 0.717) is 10.2 Å². The van der Waals surface area contributed by atoms with E-state index in [-0.39, 0.29) is 5.56 Å². The van der Waals surface area contributed by atoms with Gasteiger partial charge in [0.15, 0.2) is 6.10 Å². The topological polar surface area (TPSA) is 66.8 Å². The maximum Gasteiger partial charge on any atom is 0.337 e. The van der Waals surface area contributed by atoms with Crippen molar-refractivity contribution in [2.75, 3.05) is 7.11 Å². The maximum atomic E-state index is 10.5. The second kappa shape index (κ2) is 4.43. The van der Waals surface area contributed by atoms with Gasteiger partial charge in [0.2, 0.25) is 0 Å². The van der Waals surface area contributed by atoms with Crippen molar-refractivity contribution < 1.29 is 19.7 Å². The molecule has 0 spiro atoms. The highest BCUT2D eigenvalue weighted by atomic mass is 79.9. The van der Waals surface area contributed by atoms with Gasteiger partial charge in [-0.15, -0.1) is 0 Å². The van der Waals surface area contributed by atoms with Crippen LogP contribution in [0.3, 0.4) is 0 Å². The SMILES string of the molecule is COc1cc(C(O)C(=O)O)ccc1Br. The van der Waals surface area contributed by atoms with Crippen LogP contribution in [0.1, 0.15) is 11.7 Å². The number of hydrogen-bond acceptors (Lipinski definition) is 3.